The summed E-state index contributed by atoms with van der Waals surface area (Å²) in [5.41, 5.74) is 1.31. The molecule has 1 aromatic carbocycles. The number of hydrogen-bond acceptors (Lipinski definition) is 6. The first-order valence-electron chi connectivity index (χ1n) is 14.8. The van der Waals surface area contributed by atoms with E-state index in [1.807, 2.05) is 0 Å². The Hall–Kier alpha value is -2.78. The molecule has 2 saturated heterocycles. The van der Waals surface area contributed by atoms with Gasteiger partial charge >= 0.3 is 5.97 Å². The molecule has 2 bridgehead atoms. The number of fused-ring (bicyclic) bond motifs is 2. The van der Waals surface area contributed by atoms with Crippen molar-refractivity contribution in [3.8, 4) is 0 Å². The van der Waals surface area contributed by atoms with E-state index < -0.39 is 36.3 Å². The van der Waals surface area contributed by atoms with E-state index in [-0.39, 0.29) is 24.0 Å². The van der Waals surface area contributed by atoms with Crippen molar-refractivity contribution in [3.63, 3.8) is 0 Å². The molecular formula is C31H43FN2O6. The van der Waals surface area contributed by atoms with Crippen LogP contribution in [0.1, 0.15) is 75.3 Å². The van der Waals surface area contributed by atoms with Gasteiger partial charge in [0, 0.05) is 18.5 Å². The van der Waals surface area contributed by atoms with Crippen molar-refractivity contribution >= 4 is 23.9 Å². The zero-order valence-electron chi connectivity index (χ0n) is 23.4. The zero-order chi connectivity index (χ0) is 28.5. The second-order valence-electron chi connectivity index (χ2n) is 11.4. The quantitative estimate of drug-likeness (QED) is 0.193. The first kappa shape index (κ1) is 30.2. The molecular weight excluding hydrogens is 515 g/mol. The lowest BCUT2D eigenvalue weighted by Crippen LogP contribution is -2.53. The van der Waals surface area contributed by atoms with Gasteiger partial charge in [0.1, 0.15) is 11.9 Å². The Morgan fingerprint density at radius 3 is 2.65 bits per heavy atom. The van der Waals surface area contributed by atoms with Gasteiger partial charge in [-0.05, 0) is 60.9 Å². The van der Waals surface area contributed by atoms with Crippen LogP contribution in [-0.4, -0.2) is 61.4 Å². The van der Waals surface area contributed by atoms with Crippen LogP contribution in [0.2, 0.25) is 0 Å². The summed E-state index contributed by atoms with van der Waals surface area (Å²) in [6.07, 6.45) is 14.0. The zero-order valence-corrected chi connectivity index (χ0v) is 23.4. The molecule has 8 nitrogen and oxygen atoms in total. The van der Waals surface area contributed by atoms with Gasteiger partial charge in [0.25, 0.3) is 0 Å². The lowest BCUT2D eigenvalue weighted by molar-refractivity contribution is -0.134. The van der Waals surface area contributed by atoms with Gasteiger partial charge in [0.05, 0.1) is 31.8 Å². The summed E-state index contributed by atoms with van der Waals surface area (Å²) in [4.78, 5) is 37.8. The number of methoxy groups -OCH3 is 1. The van der Waals surface area contributed by atoms with Crippen molar-refractivity contribution in [3.05, 3.63) is 41.2 Å². The van der Waals surface area contributed by atoms with Crippen LogP contribution in [0.3, 0.4) is 0 Å². The Bertz CT molecular complexity index is 1060. The number of aliphatic hydroxyl groups is 1. The predicted molar refractivity (Wildman–Crippen MR) is 148 cm³/mol. The molecule has 1 saturated carbocycles. The molecule has 9 heteroatoms. The van der Waals surface area contributed by atoms with Crippen molar-refractivity contribution in [2.24, 2.45) is 17.8 Å². The first-order valence-corrected chi connectivity index (χ1v) is 14.8. The molecule has 5 atom stereocenters. The highest BCUT2D eigenvalue weighted by Crippen LogP contribution is 2.45. The minimum atomic E-state index is -1.04. The number of aliphatic hydroxyl groups excluding tert-OH is 1. The largest absolute Gasteiger partial charge is 0.466 e. The van der Waals surface area contributed by atoms with Gasteiger partial charge in [-0.25, -0.2) is 9.18 Å². The number of ether oxygens (including phenoxy) is 2. The van der Waals surface area contributed by atoms with Gasteiger partial charge in [-0.1, -0.05) is 51.0 Å². The molecule has 2 aliphatic heterocycles. The van der Waals surface area contributed by atoms with Gasteiger partial charge in [-0.2, -0.15) is 0 Å². The minimum absolute atomic E-state index is 0.160. The number of halogens is 1. The van der Waals surface area contributed by atoms with Gasteiger partial charge in [-0.15, -0.1) is 0 Å². The van der Waals surface area contributed by atoms with E-state index in [0.29, 0.717) is 24.1 Å². The third-order valence-electron chi connectivity index (χ3n) is 8.77. The highest BCUT2D eigenvalue weighted by molar-refractivity contribution is 5.89. The molecule has 5 unspecified atom stereocenters. The summed E-state index contributed by atoms with van der Waals surface area (Å²) < 4.78 is 24.9. The molecule has 3 N–H and O–H groups in total. The lowest BCUT2D eigenvalue weighted by atomic mass is 9.75. The maximum atomic E-state index is 14.2. The van der Waals surface area contributed by atoms with E-state index >= 15 is 0 Å². The van der Waals surface area contributed by atoms with Crippen molar-refractivity contribution in [1.82, 2.24) is 10.6 Å². The number of carbonyl (C=O) groups excluding carboxylic acids is 3. The topological polar surface area (TPSA) is 114 Å². The van der Waals surface area contributed by atoms with Crippen LogP contribution in [-0.2, 0) is 30.3 Å². The van der Waals surface area contributed by atoms with Crippen LogP contribution >= 0.6 is 0 Å². The standard InChI is InChI=1S/C31H43FN2O6/c1-39-28(36)15-11-21-10-12-23(32)17-22(21)18-24-26-13-14-27(40-26)29(24)31(38)34-25(19-35)30(37)33-16-6-5-9-20-7-3-2-4-8-20/h10-12,15,17,20,24-27,29,35H,2-9,13-14,16,18-19H2,1H3,(H,33,37)(H,34,38)/b15-11+. The Labute approximate surface area is 236 Å². The number of carbonyl (C=O) groups is 3. The summed E-state index contributed by atoms with van der Waals surface area (Å²) >= 11 is 0. The molecule has 0 radical (unpaired) electrons. The van der Waals surface area contributed by atoms with Crippen LogP contribution in [0.5, 0.6) is 0 Å². The Kier molecular flexibility index (Phi) is 11.1. The molecule has 1 aromatic rings. The highest BCUT2D eigenvalue weighted by Gasteiger charge is 2.52. The third-order valence-corrected chi connectivity index (χ3v) is 8.77. The molecule has 2 heterocycles. The smallest absolute Gasteiger partial charge is 0.330 e. The fourth-order valence-electron chi connectivity index (χ4n) is 6.62. The molecule has 220 valence electrons. The molecule has 3 fully saturated rings. The van der Waals surface area contributed by atoms with E-state index in [9.17, 15) is 23.9 Å². The van der Waals surface area contributed by atoms with Gasteiger partial charge in [0.2, 0.25) is 11.8 Å². The van der Waals surface area contributed by atoms with E-state index in [1.165, 1.54) is 63.8 Å². The summed E-state index contributed by atoms with van der Waals surface area (Å²) in [6, 6.07) is 3.28. The summed E-state index contributed by atoms with van der Waals surface area (Å²) in [6.45, 7) is 0.0115. The summed E-state index contributed by atoms with van der Waals surface area (Å²) in [5.74, 6) is -1.62. The van der Waals surface area contributed by atoms with Crippen LogP contribution in [0.25, 0.3) is 6.08 Å². The molecule has 2 amide bonds. The number of nitrogens with one attached hydrogen (secondary N) is 2. The second kappa shape index (κ2) is 14.7. The van der Waals surface area contributed by atoms with Crippen molar-refractivity contribution < 1.29 is 33.4 Å². The SMILES string of the molecule is COC(=O)/C=C/c1ccc(F)cc1CC1C2CCC(O2)C1C(=O)NC(CO)C(=O)NCCCCC1CCCCC1. The number of benzene rings is 1. The van der Waals surface area contributed by atoms with E-state index in [1.54, 1.807) is 12.1 Å². The van der Waals surface area contributed by atoms with Crippen LogP contribution < -0.4 is 10.6 Å². The number of rotatable bonds is 13. The van der Waals surface area contributed by atoms with Crippen LogP contribution in [0.15, 0.2) is 24.3 Å². The van der Waals surface area contributed by atoms with Crippen LogP contribution in [0.4, 0.5) is 4.39 Å². The first-order chi connectivity index (χ1) is 19.4. The van der Waals surface area contributed by atoms with Gasteiger partial charge < -0.3 is 25.2 Å². The summed E-state index contributed by atoms with van der Waals surface area (Å²) in [7, 11) is 1.28. The van der Waals surface area contributed by atoms with Crippen molar-refractivity contribution in [1.29, 1.82) is 0 Å². The van der Waals surface area contributed by atoms with E-state index in [2.05, 4.69) is 15.4 Å². The van der Waals surface area contributed by atoms with Crippen molar-refractivity contribution in [2.75, 3.05) is 20.3 Å². The lowest BCUT2D eigenvalue weighted by Gasteiger charge is -2.29. The number of hydrogen-bond donors (Lipinski definition) is 3. The normalized spacial score (nSPS) is 25.2. The monoisotopic (exact) mass is 558 g/mol. The number of amides is 2. The average Bonchev–Trinajstić information content (AvgIpc) is 3.57. The molecule has 40 heavy (non-hydrogen) atoms. The molecule has 1 aliphatic carbocycles. The Morgan fingerprint density at radius 1 is 1.12 bits per heavy atom. The molecule has 4 rings (SSSR count). The summed E-state index contributed by atoms with van der Waals surface area (Å²) in [5, 5.41) is 15.5. The highest BCUT2D eigenvalue weighted by atomic mass is 19.1. The van der Waals surface area contributed by atoms with Gasteiger partial charge in [-0.3, -0.25) is 9.59 Å². The Morgan fingerprint density at radius 2 is 1.90 bits per heavy atom. The minimum Gasteiger partial charge on any atom is -0.466 e. The maximum absolute atomic E-state index is 14.2. The third kappa shape index (κ3) is 7.91. The molecule has 0 spiro atoms. The predicted octanol–water partition coefficient (Wildman–Crippen LogP) is 3.69. The Balaban J connectivity index is 1.33. The van der Waals surface area contributed by atoms with Crippen LogP contribution in [0, 0.1) is 23.6 Å². The average molecular weight is 559 g/mol. The fraction of sp³-hybridized carbons (Fsp3) is 0.645. The van der Waals surface area contributed by atoms with E-state index in [0.717, 1.165) is 31.6 Å². The number of unbranched alkanes of at least 4 members (excludes halogenated alkanes) is 1. The fourth-order valence-corrected chi connectivity index (χ4v) is 6.62. The van der Waals surface area contributed by atoms with E-state index in [4.69, 9.17) is 4.74 Å². The second-order valence-corrected chi connectivity index (χ2v) is 11.4. The number of esters is 1. The van der Waals surface area contributed by atoms with Crippen molar-refractivity contribution in [2.45, 2.75) is 88.9 Å². The molecule has 3 aliphatic rings. The van der Waals surface area contributed by atoms with Gasteiger partial charge in [0.15, 0.2) is 0 Å². The maximum Gasteiger partial charge on any atom is 0.330 e. The molecule has 0 aromatic heterocycles.